The molecule has 2 saturated carbocycles. The van der Waals surface area contributed by atoms with Gasteiger partial charge in [0.05, 0.1) is 26.3 Å². The van der Waals surface area contributed by atoms with Crippen LogP contribution in [-0.4, -0.2) is 86.8 Å². The first kappa shape index (κ1) is 46.1. The molecule has 0 heterocycles. The zero-order valence-corrected chi connectivity index (χ0v) is 32.9. The third kappa shape index (κ3) is 21.0. The summed E-state index contributed by atoms with van der Waals surface area (Å²) < 4.78 is 31.9. The number of carbonyl (C=O) groups excluding carboxylic acids is 6. The fourth-order valence-electron chi connectivity index (χ4n) is 7.15. The van der Waals surface area contributed by atoms with Crippen LogP contribution in [0.4, 0.5) is 9.59 Å². The molecular weight excluding hydrogens is 700 g/mol. The number of carbonyl (C=O) groups is 6. The predicted octanol–water partition coefficient (Wildman–Crippen LogP) is 6.49. The summed E-state index contributed by atoms with van der Waals surface area (Å²) >= 11 is 0. The normalized spacial score (nSPS) is 20.0. The Kier molecular flexibility index (Phi) is 20.8. The maximum Gasteiger partial charge on any atom is 0.407 e. The number of rotatable bonds is 23. The molecular formula is C40H64N2O12. The van der Waals surface area contributed by atoms with E-state index in [1.54, 1.807) is 0 Å². The summed E-state index contributed by atoms with van der Waals surface area (Å²) in [6.07, 6.45) is 11.6. The summed E-state index contributed by atoms with van der Waals surface area (Å²) in [5.41, 5.74) is -1.21. The molecule has 2 fully saturated rings. The second kappa shape index (κ2) is 24.3. The van der Waals surface area contributed by atoms with E-state index in [9.17, 15) is 28.8 Å². The Labute approximate surface area is 320 Å². The van der Waals surface area contributed by atoms with Gasteiger partial charge in [0.2, 0.25) is 0 Å². The number of ether oxygens (including phenoxy) is 6. The highest BCUT2D eigenvalue weighted by Gasteiger charge is 2.32. The van der Waals surface area contributed by atoms with E-state index < -0.39 is 35.3 Å². The Hall–Kier alpha value is -4.10. The number of amides is 2. The van der Waals surface area contributed by atoms with Gasteiger partial charge in [0.25, 0.3) is 0 Å². The van der Waals surface area contributed by atoms with Gasteiger partial charge in [-0.05, 0) is 128 Å². The largest absolute Gasteiger partial charge is 0.461 e. The van der Waals surface area contributed by atoms with Crippen LogP contribution in [0.5, 0.6) is 0 Å². The van der Waals surface area contributed by atoms with Gasteiger partial charge in [-0.2, -0.15) is 0 Å². The molecule has 2 N–H and O–H groups in total. The van der Waals surface area contributed by atoms with Crippen molar-refractivity contribution in [2.24, 2.45) is 23.7 Å². The van der Waals surface area contributed by atoms with Crippen LogP contribution >= 0.6 is 0 Å². The molecule has 54 heavy (non-hydrogen) atoms. The first-order chi connectivity index (χ1) is 25.6. The molecule has 2 amide bonds. The standard InChI is InChI=1S/C40H64N2O12/c1-7-33(43)49-23-21-41-37(47)51-27-31-17-13-29(14-18-31)25-39(3,4)53-35(45)11-9-10-12-36(46)54-40(5,6)26-30-15-19-32(20-16-30)28-52-38(48)42-22-24-50-34(44)8-2/h7-8,29-32H,1-2,9-28H2,3-6H3,(H,41,47)(H,42,48). The summed E-state index contributed by atoms with van der Waals surface area (Å²) in [5, 5.41) is 5.11. The maximum atomic E-state index is 12.7. The minimum atomic E-state index is -0.603. The summed E-state index contributed by atoms with van der Waals surface area (Å²) in [6.45, 7) is 15.5. The van der Waals surface area contributed by atoms with Crippen molar-refractivity contribution < 1.29 is 57.2 Å². The lowest BCUT2D eigenvalue weighted by molar-refractivity contribution is -0.160. The third-order valence-electron chi connectivity index (χ3n) is 9.75. The number of unbranched alkanes of at least 4 members (excludes halogenated alkanes) is 1. The maximum absolute atomic E-state index is 12.7. The molecule has 0 aromatic heterocycles. The molecule has 2 rings (SSSR count). The highest BCUT2D eigenvalue weighted by molar-refractivity contribution is 5.81. The Bertz CT molecular complexity index is 1140. The zero-order chi connectivity index (χ0) is 40.0. The van der Waals surface area contributed by atoms with E-state index in [0.717, 1.165) is 76.4 Å². The van der Waals surface area contributed by atoms with Crippen LogP contribution in [0.2, 0.25) is 0 Å². The van der Waals surface area contributed by atoms with Crippen LogP contribution in [0.15, 0.2) is 25.3 Å². The van der Waals surface area contributed by atoms with E-state index in [1.807, 2.05) is 27.7 Å². The van der Waals surface area contributed by atoms with Crippen molar-refractivity contribution in [2.75, 3.05) is 39.5 Å². The zero-order valence-electron chi connectivity index (χ0n) is 32.9. The SMILES string of the molecule is C=CC(=O)OCCNC(=O)OCC1CCC(CC(C)(C)OC(=O)CCCCC(=O)OC(C)(C)CC2CCC(COC(=O)NCCOC(=O)C=C)CC2)CC1. The molecule has 0 unspecified atom stereocenters. The highest BCUT2D eigenvalue weighted by Crippen LogP contribution is 2.36. The monoisotopic (exact) mass is 764 g/mol. The Morgan fingerprint density at radius 3 is 1.22 bits per heavy atom. The van der Waals surface area contributed by atoms with Gasteiger partial charge in [-0.25, -0.2) is 19.2 Å². The molecule has 14 nitrogen and oxygen atoms in total. The lowest BCUT2D eigenvalue weighted by Gasteiger charge is -2.34. The van der Waals surface area contributed by atoms with Crippen molar-refractivity contribution in [3.63, 3.8) is 0 Å². The number of alkyl carbamates (subject to hydrolysis) is 2. The minimum Gasteiger partial charge on any atom is -0.461 e. The van der Waals surface area contributed by atoms with Crippen LogP contribution in [0.25, 0.3) is 0 Å². The predicted molar refractivity (Wildman–Crippen MR) is 200 cm³/mol. The number of esters is 4. The first-order valence-electron chi connectivity index (χ1n) is 19.4. The molecule has 0 saturated heterocycles. The molecule has 14 heteroatoms. The van der Waals surface area contributed by atoms with Crippen LogP contribution in [-0.2, 0) is 47.6 Å². The molecule has 2 aliphatic rings. The second-order valence-corrected chi connectivity index (χ2v) is 15.7. The Morgan fingerprint density at radius 2 is 0.889 bits per heavy atom. The fourth-order valence-corrected chi connectivity index (χ4v) is 7.15. The molecule has 0 atom stereocenters. The van der Waals surface area contributed by atoms with E-state index in [4.69, 9.17) is 28.4 Å². The van der Waals surface area contributed by atoms with Crippen molar-refractivity contribution >= 4 is 36.1 Å². The second-order valence-electron chi connectivity index (χ2n) is 15.7. The quantitative estimate of drug-likeness (QED) is 0.0500. The van der Waals surface area contributed by atoms with Gasteiger partial charge in [0, 0.05) is 25.0 Å². The average molecular weight is 765 g/mol. The van der Waals surface area contributed by atoms with E-state index in [-0.39, 0.29) is 62.9 Å². The van der Waals surface area contributed by atoms with Gasteiger partial charge >= 0.3 is 36.1 Å². The Morgan fingerprint density at radius 1 is 0.556 bits per heavy atom. The van der Waals surface area contributed by atoms with E-state index in [0.29, 0.717) is 37.9 Å². The summed E-state index contributed by atoms with van der Waals surface area (Å²) in [5.74, 6) is -0.255. The number of hydrogen-bond donors (Lipinski definition) is 2. The number of hydrogen-bond acceptors (Lipinski definition) is 12. The summed E-state index contributed by atoms with van der Waals surface area (Å²) in [6, 6.07) is 0. The van der Waals surface area contributed by atoms with Crippen molar-refractivity contribution in [2.45, 2.75) is 129 Å². The van der Waals surface area contributed by atoms with Crippen LogP contribution in [0.3, 0.4) is 0 Å². The number of nitrogens with one attached hydrogen (secondary N) is 2. The lowest BCUT2D eigenvalue weighted by atomic mass is 9.78. The van der Waals surface area contributed by atoms with Gasteiger partial charge in [-0.1, -0.05) is 13.2 Å². The van der Waals surface area contributed by atoms with E-state index >= 15 is 0 Å². The van der Waals surface area contributed by atoms with Gasteiger partial charge < -0.3 is 39.1 Å². The molecule has 0 aromatic carbocycles. The highest BCUT2D eigenvalue weighted by atomic mass is 16.6. The van der Waals surface area contributed by atoms with Crippen molar-refractivity contribution in [1.29, 1.82) is 0 Å². The average Bonchev–Trinajstić information content (AvgIpc) is 3.12. The first-order valence-corrected chi connectivity index (χ1v) is 19.4. The minimum absolute atomic E-state index is 0.0506. The third-order valence-corrected chi connectivity index (χ3v) is 9.75. The van der Waals surface area contributed by atoms with E-state index in [2.05, 4.69) is 23.8 Å². The van der Waals surface area contributed by atoms with Crippen molar-refractivity contribution in [3.8, 4) is 0 Å². The van der Waals surface area contributed by atoms with Crippen molar-refractivity contribution in [1.82, 2.24) is 10.6 Å². The van der Waals surface area contributed by atoms with Crippen LogP contribution in [0, 0.1) is 23.7 Å². The smallest absolute Gasteiger partial charge is 0.407 e. The summed E-state index contributed by atoms with van der Waals surface area (Å²) in [7, 11) is 0. The molecule has 2 aliphatic carbocycles. The van der Waals surface area contributed by atoms with Crippen LogP contribution in [0.1, 0.15) is 118 Å². The van der Waals surface area contributed by atoms with Gasteiger partial charge in [0.1, 0.15) is 24.4 Å². The Balaban J connectivity index is 1.53. The topological polar surface area (TPSA) is 182 Å². The molecule has 0 aromatic rings. The van der Waals surface area contributed by atoms with Crippen molar-refractivity contribution in [3.05, 3.63) is 25.3 Å². The van der Waals surface area contributed by atoms with Gasteiger partial charge in [-0.15, -0.1) is 0 Å². The molecule has 0 radical (unpaired) electrons. The summed E-state index contributed by atoms with van der Waals surface area (Å²) in [4.78, 5) is 71.2. The van der Waals surface area contributed by atoms with Gasteiger partial charge in [-0.3, -0.25) is 9.59 Å². The molecule has 0 spiro atoms. The molecule has 306 valence electrons. The lowest BCUT2D eigenvalue weighted by Crippen LogP contribution is -2.33. The van der Waals surface area contributed by atoms with Crippen LogP contribution < -0.4 is 10.6 Å². The van der Waals surface area contributed by atoms with E-state index in [1.165, 1.54) is 0 Å². The molecule has 0 bridgehead atoms. The van der Waals surface area contributed by atoms with Gasteiger partial charge in [0.15, 0.2) is 0 Å². The molecule has 0 aliphatic heterocycles. The fraction of sp³-hybridized carbons (Fsp3) is 0.750.